The van der Waals surface area contributed by atoms with E-state index >= 15 is 0 Å². The van der Waals surface area contributed by atoms with Crippen LogP contribution in [0.4, 0.5) is 5.95 Å². The summed E-state index contributed by atoms with van der Waals surface area (Å²) in [7, 11) is 5.40. The first-order chi connectivity index (χ1) is 10.2. The first-order valence-corrected chi connectivity index (χ1v) is 7.34. The second kappa shape index (κ2) is 6.03. The SMILES string of the molecule is COc1cc(OC)nc(N2CCN3CCN(C)C[C@@H]3C2)n1. The third-order valence-corrected chi connectivity index (χ3v) is 4.26. The van der Waals surface area contributed by atoms with Crippen LogP contribution in [0.5, 0.6) is 11.8 Å². The molecule has 0 aromatic carbocycles. The van der Waals surface area contributed by atoms with Crippen molar-refractivity contribution in [2.75, 3.05) is 65.4 Å². The summed E-state index contributed by atoms with van der Waals surface area (Å²) in [6.07, 6.45) is 0. The van der Waals surface area contributed by atoms with Gasteiger partial charge in [-0.1, -0.05) is 0 Å². The number of anilines is 1. The number of fused-ring (bicyclic) bond motifs is 1. The van der Waals surface area contributed by atoms with Gasteiger partial charge in [-0.2, -0.15) is 9.97 Å². The number of aromatic nitrogens is 2. The molecule has 7 heteroatoms. The molecule has 2 saturated heterocycles. The zero-order valence-electron chi connectivity index (χ0n) is 12.9. The van der Waals surface area contributed by atoms with E-state index in [1.165, 1.54) is 0 Å². The summed E-state index contributed by atoms with van der Waals surface area (Å²) in [5.41, 5.74) is 0. The van der Waals surface area contributed by atoms with Gasteiger partial charge in [0, 0.05) is 45.3 Å². The first kappa shape index (κ1) is 14.3. The van der Waals surface area contributed by atoms with Crippen LogP contribution >= 0.6 is 0 Å². The van der Waals surface area contributed by atoms with Gasteiger partial charge in [0.05, 0.1) is 20.3 Å². The van der Waals surface area contributed by atoms with Crippen molar-refractivity contribution in [1.82, 2.24) is 19.8 Å². The summed E-state index contributed by atoms with van der Waals surface area (Å²) < 4.78 is 10.5. The van der Waals surface area contributed by atoms with E-state index in [-0.39, 0.29) is 0 Å². The maximum Gasteiger partial charge on any atom is 0.232 e. The van der Waals surface area contributed by atoms with E-state index in [0.717, 1.165) is 39.3 Å². The van der Waals surface area contributed by atoms with Crippen LogP contribution in [-0.4, -0.2) is 86.3 Å². The number of rotatable bonds is 3. The number of piperazine rings is 2. The van der Waals surface area contributed by atoms with Crippen molar-refractivity contribution in [3.05, 3.63) is 6.07 Å². The van der Waals surface area contributed by atoms with Gasteiger partial charge < -0.3 is 19.3 Å². The maximum absolute atomic E-state index is 5.24. The Balaban J connectivity index is 1.78. The van der Waals surface area contributed by atoms with Gasteiger partial charge in [-0.15, -0.1) is 0 Å². The second-order valence-corrected chi connectivity index (χ2v) is 5.65. The molecule has 0 bridgehead atoms. The summed E-state index contributed by atoms with van der Waals surface area (Å²) in [5.74, 6) is 1.78. The third kappa shape index (κ3) is 3.03. The smallest absolute Gasteiger partial charge is 0.232 e. The van der Waals surface area contributed by atoms with Gasteiger partial charge in [0.15, 0.2) is 0 Å². The van der Waals surface area contributed by atoms with Crippen molar-refractivity contribution >= 4 is 5.95 Å². The largest absolute Gasteiger partial charge is 0.481 e. The Kier molecular flexibility index (Phi) is 4.12. The average Bonchev–Trinajstić information content (AvgIpc) is 2.53. The highest BCUT2D eigenvalue weighted by molar-refractivity contribution is 5.37. The van der Waals surface area contributed by atoms with Crippen molar-refractivity contribution in [3.63, 3.8) is 0 Å². The minimum absolute atomic E-state index is 0.540. The van der Waals surface area contributed by atoms with Crippen LogP contribution < -0.4 is 14.4 Å². The summed E-state index contributed by atoms with van der Waals surface area (Å²) in [5, 5.41) is 0. The molecule has 3 rings (SSSR count). The van der Waals surface area contributed by atoms with Gasteiger partial charge in [0.2, 0.25) is 17.7 Å². The fourth-order valence-electron chi connectivity index (χ4n) is 3.04. The highest BCUT2D eigenvalue weighted by Crippen LogP contribution is 2.23. The molecule has 1 atom stereocenters. The fourth-order valence-corrected chi connectivity index (χ4v) is 3.04. The summed E-state index contributed by atoms with van der Waals surface area (Å²) in [6.45, 7) is 6.34. The first-order valence-electron chi connectivity index (χ1n) is 7.34. The minimum Gasteiger partial charge on any atom is -0.481 e. The van der Waals surface area contributed by atoms with E-state index in [9.17, 15) is 0 Å². The minimum atomic E-state index is 0.540. The Bertz CT molecular complexity index is 476. The molecule has 2 aliphatic heterocycles. The van der Waals surface area contributed by atoms with E-state index in [0.29, 0.717) is 23.8 Å². The zero-order valence-corrected chi connectivity index (χ0v) is 12.9. The Morgan fingerprint density at radius 1 is 1.00 bits per heavy atom. The van der Waals surface area contributed by atoms with Gasteiger partial charge in [0.25, 0.3) is 0 Å². The molecule has 116 valence electrons. The fraction of sp³-hybridized carbons (Fsp3) is 0.714. The van der Waals surface area contributed by atoms with Crippen LogP contribution in [0.15, 0.2) is 6.07 Å². The number of methoxy groups -OCH3 is 2. The Labute approximate surface area is 125 Å². The molecule has 1 aromatic heterocycles. The molecule has 0 spiro atoms. The van der Waals surface area contributed by atoms with Crippen LogP contribution in [-0.2, 0) is 0 Å². The van der Waals surface area contributed by atoms with E-state index in [1.54, 1.807) is 20.3 Å². The van der Waals surface area contributed by atoms with Crippen molar-refractivity contribution < 1.29 is 9.47 Å². The predicted molar refractivity (Wildman–Crippen MR) is 80.2 cm³/mol. The number of nitrogens with zero attached hydrogens (tertiary/aromatic N) is 5. The lowest BCUT2D eigenvalue weighted by Gasteiger charge is -2.46. The lowest BCUT2D eigenvalue weighted by molar-refractivity contribution is 0.0801. The van der Waals surface area contributed by atoms with Gasteiger partial charge in [-0.05, 0) is 7.05 Å². The normalized spacial score (nSPS) is 23.8. The highest BCUT2D eigenvalue weighted by Gasteiger charge is 2.32. The van der Waals surface area contributed by atoms with Gasteiger partial charge in [0.1, 0.15) is 0 Å². The second-order valence-electron chi connectivity index (χ2n) is 5.65. The monoisotopic (exact) mass is 293 g/mol. The highest BCUT2D eigenvalue weighted by atomic mass is 16.5. The quantitative estimate of drug-likeness (QED) is 0.773. The third-order valence-electron chi connectivity index (χ3n) is 4.26. The van der Waals surface area contributed by atoms with Crippen LogP contribution in [0.25, 0.3) is 0 Å². The molecule has 2 fully saturated rings. The molecule has 1 aromatic rings. The number of hydrogen-bond donors (Lipinski definition) is 0. The molecule has 0 saturated carbocycles. The standard InChI is InChI=1S/C14H23N5O2/c1-17-4-5-18-6-7-19(10-11(18)9-17)14-15-12(20-2)8-13(16-14)21-3/h8,11H,4-7,9-10H2,1-3H3/t11-/m1/s1. The van der Waals surface area contributed by atoms with E-state index < -0.39 is 0 Å². The number of ether oxygens (including phenoxy) is 2. The molecule has 0 N–H and O–H groups in total. The maximum atomic E-state index is 5.24. The van der Waals surface area contributed by atoms with Gasteiger partial charge in [-0.3, -0.25) is 4.90 Å². The van der Waals surface area contributed by atoms with Crippen LogP contribution in [0.2, 0.25) is 0 Å². The van der Waals surface area contributed by atoms with Crippen LogP contribution in [0, 0.1) is 0 Å². The average molecular weight is 293 g/mol. The van der Waals surface area contributed by atoms with Crippen molar-refractivity contribution in [2.24, 2.45) is 0 Å². The molecule has 21 heavy (non-hydrogen) atoms. The van der Waals surface area contributed by atoms with E-state index in [4.69, 9.17) is 9.47 Å². The molecule has 3 heterocycles. The Morgan fingerprint density at radius 2 is 1.67 bits per heavy atom. The van der Waals surface area contributed by atoms with Crippen molar-refractivity contribution in [1.29, 1.82) is 0 Å². The predicted octanol–water partition coefficient (Wildman–Crippen LogP) is -0.0702. The van der Waals surface area contributed by atoms with Crippen molar-refractivity contribution in [3.8, 4) is 11.8 Å². The molecule has 0 amide bonds. The molecule has 0 aliphatic carbocycles. The van der Waals surface area contributed by atoms with Gasteiger partial charge in [-0.25, -0.2) is 0 Å². The summed E-state index contributed by atoms with van der Waals surface area (Å²) >= 11 is 0. The number of likely N-dealkylation sites (N-methyl/N-ethyl adjacent to an activating group) is 1. The van der Waals surface area contributed by atoms with E-state index in [2.05, 4.69) is 31.7 Å². The molecule has 2 aliphatic rings. The lowest BCUT2D eigenvalue weighted by Crippen LogP contribution is -2.61. The number of hydrogen-bond acceptors (Lipinski definition) is 7. The van der Waals surface area contributed by atoms with Crippen LogP contribution in [0.3, 0.4) is 0 Å². The molecule has 0 unspecified atom stereocenters. The molecular formula is C14H23N5O2. The molecular weight excluding hydrogens is 270 g/mol. The molecule has 0 radical (unpaired) electrons. The van der Waals surface area contributed by atoms with Crippen LogP contribution in [0.1, 0.15) is 0 Å². The topological polar surface area (TPSA) is 54.0 Å². The zero-order chi connectivity index (χ0) is 14.8. The Hall–Kier alpha value is -1.60. The summed E-state index contributed by atoms with van der Waals surface area (Å²) in [6, 6.07) is 2.24. The Morgan fingerprint density at radius 3 is 2.33 bits per heavy atom. The lowest BCUT2D eigenvalue weighted by atomic mass is 10.1. The molecule has 7 nitrogen and oxygen atoms in total. The summed E-state index contributed by atoms with van der Waals surface area (Å²) in [4.78, 5) is 16.1. The van der Waals surface area contributed by atoms with Crippen molar-refractivity contribution in [2.45, 2.75) is 6.04 Å². The van der Waals surface area contributed by atoms with E-state index in [1.807, 2.05) is 0 Å². The van der Waals surface area contributed by atoms with Gasteiger partial charge >= 0.3 is 0 Å².